The number of aryl methyl sites for hydroxylation is 1. The fourth-order valence-corrected chi connectivity index (χ4v) is 4.33. The number of thiophene rings is 1. The molecule has 4 nitrogen and oxygen atoms in total. The van der Waals surface area contributed by atoms with Crippen LogP contribution in [-0.2, 0) is 6.42 Å². The number of halogens is 1. The highest BCUT2D eigenvalue weighted by atomic mass is 35.5. The van der Waals surface area contributed by atoms with Crippen molar-refractivity contribution in [2.75, 3.05) is 6.54 Å². The lowest BCUT2D eigenvalue weighted by Gasteiger charge is -2.06. The lowest BCUT2D eigenvalue weighted by Crippen LogP contribution is -2.25. The van der Waals surface area contributed by atoms with Crippen molar-refractivity contribution in [2.24, 2.45) is 0 Å². The first-order chi connectivity index (χ1) is 11.1. The fourth-order valence-electron chi connectivity index (χ4n) is 2.49. The molecule has 1 amide bonds. The molecule has 0 aliphatic carbocycles. The molecule has 3 aromatic heterocycles. The van der Waals surface area contributed by atoms with Crippen molar-refractivity contribution in [1.29, 1.82) is 0 Å². The number of carbonyl (C=O) groups excluding carboxylic acids is 1. The molecule has 0 bridgehead atoms. The van der Waals surface area contributed by atoms with Gasteiger partial charge in [0.15, 0.2) is 5.13 Å². The smallest absolute Gasteiger partial charge is 0.253 e. The van der Waals surface area contributed by atoms with Crippen LogP contribution in [0.5, 0.6) is 0 Å². The number of nitrogens with one attached hydrogen (secondary N) is 1. The van der Waals surface area contributed by atoms with Crippen molar-refractivity contribution in [1.82, 2.24) is 14.9 Å². The highest BCUT2D eigenvalue weighted by Gasteiger charge is 2.17. The molecule has 7 heteroatoms. The van der Waals surface area contributed by atoms with Crippen LogP contribution in [0.4, 0.5) is 0 Å². The molecule has 0 aliphatic rings. The zero-order valence-electron chi connectivity index (χ0n) is 12.8. The van der Waals surface area contributed by atoms with Gasteiger partial charge in [-0.2, -0.15) is 0 Å². The highest BCUT2D eigenvalue weighted by Crippen LogP contribution is 2.23. The summed E-state index contributed by atoms with van der Waals surface area (Å²) >= 11 is 9.01. The van der Waals surface area contributed by atoms with Crippen LogP contribution in [-0.4, -0.2) is 22.0 Å². The zero-order valence-corrected chi connectivity index (χ0v) is 15.2. The van der Waals surface area contributed by atoms with Gasteiger partial charge in [0.1, 0.15) is 0 Å². The van der Waals surface area contributed by atoms with Crippen LogP contribution in [0.25, 0.3) is 5.13 Å². The average molecular weight is 366 g/mol. The maximum atomic E-state index is 12.4. The van der Waals surface area contributed by atoms with Gasteiger partial charge >= 0.3 is 0 Å². The summed E-state index contributed by atoms with van der Waals surface area (Å²) in [4.78, 5) is 17.9. The molecule has 120 valence electrons. The molecule has 0 aliphatic heterocycles. The van der Waals surface area contributed by atoms with Gasteiger partial charge < -0.3 is 5.32 Å². The standard InChI is InChI=1S/C16H16ClN3OS2/c1-10-9-13(11(2)20(10)16-19-7-8-22-16)15(21)18-6-5-12-3-4-14(17)23-12/h3-4,7-9H,5-6H2,1-2H3,(H,18,21). The van der Waals surface area contributed by atoms with E-state index >= 15 is 0 Å². The van der Waals surface area contributed by atoms with E-state index in [4.69, 9.17) is 11.6 Å². The minimum Gasteiger partial charge on any atom is -0.352 e. The number of hydrogen-bond donors (Lipinski definition) is 1. The maximum Gasteiger partial charge on any atom is 0.253 e. The summed E-state index contributed by atoms with van der Waals surface area (Å²) in [5.74, 6) is -0.0523. The number of hydrogen-bond acceptors (Lipinski definition) is 4. The van der Waals surface area contributed by atoms with E-state index in [0.29, 0.717) is 12.1 Å². The predicted octanol–water partition coefficient (Wildman–Crippen LogP) is 4.24. The largest absolute Gasteiger partial charge is 0.352 e. The van der Waals surface area contributed by atoms with Crippen molar-refractivity contribution in [3.05, 3.63) is 55.9 Å². The Kier molecular flexibility index (Phi) is 4.84. The van der Waals surface area contributed by atoms with Crippen molar-refractivity contribution in [3.8, 4) is 5.13 Å². The molecule has 0 fully saturated rings. The van der Waals surface area contributed by atoms with Crippen molar-refractivity contribution >= 4 is 40.2 Å². The lowest BCUT2D eigenvalue weighted by atomic mass is 10.2. The van der Waals surface area contributed by atoms with Crippen LogP contribution >= 0.6 is 34.3 Å². The number of amides is 1. The topological polar surface area (TPSA) is 46.9 Å². The third-order valence-electron chi connectivity index (χ3n) is 3.57. The summed E-state index contributed by atoms with van der Waals surface area (Å²) in [7, 11) is 0. The Hall–Kier alpha value is -1.63. The summed E-state index contributed by atoms with van der Waals surface area (Å²) in [6.07, 6.45) is 2.55. The monoisotopic (exact) mass is 365 g/mol. The third kappa shape index (κ3) is 3.49. The summed E-state index contributed by atoms with van der Waals surface area (Å²) in [6, 6.07) is 5.78. The van der Waals surface area contributed by atoms with Crippen molar-refractivity contribution < 1.29 is 4.79 Å². The number of rotatable bonds is 5. The Morgan fingerprint density at radius 2 is 2.22 bits per heavy atom. The molecule has 0 saturated heterocycles. The number of carbonyl (C=O) groups is 1. The molecule has 0 unspecified atom stereocenters. The first-order valence-electron chi connectivity index (χ1n) is 7.17. The third-order valence-corrected chi connectivity index (χ3v) is 5.62. The molecule has 3 rings (SSSR count). The van der Waals surface area contributed by atoms with Crippen LogP contribution in [0.3, 0.4) is 0 Å². The van der Waals surface area contributed by atoms with Gasteiger partial charge in [-0.15, -0.1) is 22.7 Å². The molecular weight excluding hydrogens is 350 g/mol. The predicted molar refractivity (Wildman–Crippen MR) is 96.3 cm³/mol. The first kappa shape index (κ1) is 16.2. The van der Waals surface area contributed by atoms with Gasteiger partial charge in [-0.05, 0) is 38.5 Å². The van der Waals surface area contributed by atoms with Gasteiger partial charge in [-0.3, -0.25) is 9.36 Å². The summed E-state index contributed by atoms with van der Waals surface area (Å²) in [5, 5.41) is 5.79. The minimum atomic E-state index is -0.0523. The number of thiazole rings is 1. The van der Waals surface area contributed by atoms with Crippen LogP contribution in [0.2, 0.25) is 4.34 Å². The Bertz CT molecular complexity index is 821. The van der Waals surface area contributed by atoms with Crippen LogP contribution in [0, 0.1) is 13.8 Å². The first-order valence-corrected chi connectivity index (χ1v) is 9.25. The van der Waals surface area contributed by atoms with Crippen molar-refractivity contribution in [3.63, 3.8) is 0 Å². The van der Waals surface area contributed by atoms with Gasteiger partial charge in [-0.25, -0.2) is 4.98 Å². The van der Waals surface area contributed by atoms with Gasteiger partial charge in [0, 0.05) is 34.4 Å². The molecule has 1 N–H and O–H groups in total. The molecule has 0 saturated carbocycles. The van der Waals surface area contributed by atoms with E-state index < -0.39 is 0 Å². The van der Waals surface area contributed by atoms with Crippen LogP contribution in [0.15, 0.2) is 29.8 Å². The molecule has 0 radical (unpaired) electrons. The molecule has 0 spiro atoms. The zero-order chi connectivity index (χ0) is 16.4. The van der Waals surface area contributed by atoms with E-state index in [2.05, 4.69) is 10.3 Å². The molecule has 3 aromatic rings. The van der Waals surface area contributed by atoms with Gasteiger partial charge in [0.2, 0.25) is 0 Å². The van der Waals surface area contributed by atoms with Crippen LogP contribution in [0.1, 0.15) is 26.6 Å². The Morgan fingerprint density at radius 1 is 1.39 bits per heavy atom. The fraction of sp³-hybridized carbons (Fsp3) is 0.250. The second kappa shape index (κ2) is 6.86. The van der Waals surface area contributed by atoms with E-state index in [1.807, 2.05) is 42.0 Å². The minimum absolute atomic E-state index is 0.0523. The normalized spacial score (nSPS) is 10.9. The Balaban J connectivity index is 1.69. The summed E-state index contributed by atoms with van der Waals surface area (Å²) < 4.78 is 2.79. The summed E-state index contributed by atoms with van der Waals surface area (Å²) in [5.41, 5.74) is 2.61. The maximum absolute atomic E-state index is 12.4. The Labute approximate surface area is 147 Å². The molecule has 0 atom stereocenters. The lowest BCUT2D eigenvalue weighted by molar-refractivity contribution is 0.0953. The SMILES string of the molecule is Cc1cc(C(=O)NCCc2ccc(Cl)s2)c(C)n1-c1nccs1. The van der Waals surface area contributed by atoms with E-state index in [1.54, 1.807) is 28.9 Å². The Morgan fingerprint density at radius 3 is 2.87 bits per heavy atom. The van der Waals surface area contributed by atoms with E-state index in [9.17, 15) is 4.79 Å². The van der Waals surface area contributed by atoms with E-state index in [1.165, 1.54) is 4.88 Å². The molecular formula is C16H16ClN3OS2. The average Bonchev–Trinajstić information content (AvgIpc) is 3.21. The number of nitrogens with zero attached hydrogens (tertiary/aromatic N) is 2. The second-order valence-corrected chi connectivity index (χ2v) is 7.82. The second-order valence-electron chi connectivity index (χ2n) is 5.15. The quantitative estimate of drug-likeness (QED) is 0.735. The van der Waals surface area contributed by atoms with Crippen LogP contribution < -0.4 is 5.32 Å². The van der Waals surface area contributed by atoms with Gasteiger partial charge in [-0.1, -0.05) is 11.6 Å². The molecule has 23 heavy (non-hydrogen) atoms. The van der Waals surface area contributed by atoms with E-state index in [-0.39, 0.29) is 5.91 Å². The summed E-state index contributed by atoms with van der Waals surface area (Å²) in [6.45, 7) is 4.53. The molecule has 0 aromatic carbocycles. The number of aromatic nitrogens is 2. The van der Waals surface area contributed by atoms with Crippen molar-refractivity contribution in [2.45, 2.75) is 20.3 Å². The van der Waals surface area contributed by atoms with Gasteiger partial charge in [0.05, 0.1) is 9.90 Å². The molecule has 3 heterocycles. The van der Waals surface area contributed by atoms with E-state index in [0.717, 1.165) is 27.3 Å². The highest BCUT2D eigenvalue weighted by molar-refractivity contribution is 7.16. The van der Waals surface area contributed by atoms with Gasteiger partial charge in [0.25, 0.3) is 5.91 Å².